The third kappa shape index (κ3) is 3.37. The number of aliphatic hydroxyl groups is 1. The van der Waals surface area contributed by atoms with Crippen LogP contribution in [0.2, 0.25) is 0 Å². The van der Waals surface area contributed by atoms with Gasteiger partial charge in [0.25, 0.3) is 5.91 Å². The van der Waals surface area contributed by atoms with Crippen LogP contribution in [0.25, 0.3) is 0 Å². The number of hydrogen-bond donors (Lipinski definition) is 2. The summed E-state index contributed by atoms with van der Waals surface area (Å²) in [6.07, 6.45) is -0.677. The van der Waals surface area contributed by atoms with Gasteiger partial charge in [-0.15, -0.1) is 0 Å². The lowest BCUT2D eigenvalue weighted by Crippen LogP contribution is -2.28. The normalized spacial score (nSPS) is 11.9. The summed E-state index contributed by atoms with van der Waals surface area (Å²) in [5.41, 5.74) is 2.25. The fourth-order valence-corrected chi connectivity index (χ4v) is 2.59. The Kier molecular flexibility index (Phi) is 4.76. The minimum atomic E-state index is -0.677. The molecule has 106 valence electrons. The molecule has 1 heterocycles. The summed E-state index contributed by atoms with van der Waals surface area (Å²) in [4.78, 5) is 12.1. The van der Waals surface area contributed by atoms with E-state index in [0.29, 0.717) is 5.56 Å². The van der Waals surface area contributed by atoms with Gasteiger partial charge >= 0.3 is 0 Å². The largest absolute Gasteiger partial charge is 0.497 e. The number of benzene rings is 1. The van der Waals surface area contributed by atoms with Crippen molar-refractivity contribution >= 4 is 17.2 Å². The number of carbonyl (C=O) groups is 1. The molecule has 0 aliphatic heterocycles. The van der Waals surface area contributed by atoms with Crippen LogP contribution in [0.15, 0.2) is 35.0 Å². The van der Waals surface area contributed by atoms with E-state index >= 15 is 0 Å². The monoisotopic (exact) mass is 291 g/mol. The van der Waals surface area contributed by atoms with E-state index in [1.807, 2.05) is 29.8 Å². The highest BCUT2D eigenvalue weighted by Crippen LogP contribution is 2.18. The summed E-state index contributed by atoms with van der Waals surface area (Å²) in [5.74, 6) is 0.525. The molecule has 1 unspecified atom stereocenters. The number of carbonyl (C=O) groups excluding carboxylic acids is 1. The lowest BCUT2D eigenvalue weighted by molar-refractivity contribution is 0.0916. The number of rotatable bonds is 5. The fraction of sp³-hybridized carbons (Fsp3) is 0.267. The Hall–Kier alpha value is -1.85. The van der Waals surface area contributed by atoms with Gasteiger partial charge in [0, 0.05) is 12.1 Å². The minimum absolute atomic E-state index is 0.195. The maximum absolute atomic E-state index is 12.1. The molecule has 0 bridgehead atoms. The van der Waals surface area contributed by atoms with E-state index in [1.54, 1.807) is 19.2 Å². The van der Waals surface area contributed by atoms with E-state index in [-0.39, 0.29) is 12.5 Å². The number of aryl methyl sites for hydroxylation is 1. The zero-order chi connectivity index (χ0) is 14.5. The summed E-state index contributed by atoms with van der Waals surface area (Å²) in [5, 5.41) is 16.4. The van der Waals surface area contributed by atoms with Gasteiger partial charge in [0.15, 0.2) is 0 Å². The number of aliphatic hydroxyl groups excluding tert-OH is 1. The molecule has 0 fully saturated rings. The van der Waals surface area contributed by atoms with Crippen LogP contribution >= 0.6 is 11.3 Å². The van der Waals surface area contributed by atoms with Crippen molar-refractivity contribution in [2.75, 3.05) is 13.7 Å². The number of hydrogen-bond acceptors (Lipinski definition) is 4. The van der Waals surface area contributed by atoms with E-state index in [4.69, 9.17) is 4.74 Å². The molecule has 5 heteroatoms. The summed E-state index contributed by atoms with van der Waals surface area (Å²) in [7, 11) is 1.59. The number of nitrogens with one attached hydrogen (secondary N) is 1. The van der Waals surface area contributed by atoms with Gasteiger partial charge in [-0.2, -0.15) is 11.3 Å². The third-order valence-corrected chi connectivity index (χ3v) is 3.76. The minimum Gasteiger partial charge on any atom is -0.497 e. The Balaban J connectivity index is 1.98. The quantitative estimate of drug-likeness (QED) is 0.890. The molecule has 0 spiro atoms. The van der Waals surface area contributed by atoms with E-state index in [2.05, 4.69) is 5.32 Å². The zero-order valence-corrected chi connectivity index (χ0v) is 12.2. The smallest absolute Gasteiger partial charge is 0.251 e. The topological polar surface area (TPSA) is 58.6 Å². The average molecular weight is 291 g/mol. The highest BCUT2D eigenvalue weighted by atomic mass is 32.1. The lowest BCUT2D eigenvalue weighted by atomic mass is 10.1. The first kappa shape index (κ1) is 14.6. The van der Waals surface area contributed by atoms with E-state index in [1.165, 1.54) is 11.3 Å². The Morgan fingerprint density at radius 2 is 2.25 bits per heavy atom. The van der Waals surface area contributed by atoms with Crippen molar-refractivity contribution in [3.8, 4) is 5.75 Å². The second-order valence-electron chi connectivity index (χ2n) is 4.46. The summed E-state index contributed by atoms with van der Waals surface area (Å²) in [6, 6.07) is 7.13. The molecule has 1 aromatic carbocycles. The molecule has 0 aliphatic rings. The molecular formula is C15H17NO3S. The molecule has 2 rings (SSSR count). The van der Waals surface area contributed by atoms with Gasteiger partial charge in [-0.25, -0.2) is 0 Å². The molecule has 0 saturated heterocycles. The maximum Gasteiger partial charge on any atom is 0.251 e. The van der Waals surface area contributed by atoms with Crippen LogP contribution < -0.4 is 10.1 Å². The first-order chi connectivity index (χ1) is 9.61. The molecule has 1 amide bonds. The predicted octanol–water partition coefficient (Wildman–Crippen LogP) is 2.53. The molecule has 2 N–H and O–H groups in total. The van der Waals surface area contributed by atoms with E-state index in [0.717, 1.165) is 16.9 Å². The van der Waals surface area contributed by atoms with Crippen molar-refractivity contribution in [1.29, 1.82) is 0 Å². The van der Waals surface area contributed by atoms with Crippen LogP contribution in [0, 0.1) is 6.92 Å². The summed E-state index contributed by atoms with van der Waals surface area (Å²) < 4.78 is 5.11. The Labute approximate surface area is 122 Å². The first-order valence-corrected chi connectivity index (χ1v) is 7.19. The standard InChI is InChI=1S/C15H17NO3S/c1-10-7-12(19-2)3-4-13(10)15(18)16-8-14(17)11-5-6-20-9-11/h3-7,9,14,17H,8H2,1-2H3,(H,16,18). The average Bonchev–Trinajstić information content (AvgIpc) is 2.98. The highest BCUT2D eigenvalue weighted by molar-refractivity contribution is 7.07. The molecule has 0 saturated carbocycles. The number of ether oxygens (including phenoxy) is 1. The second-order valence-corrected chi connectivity index (χ2v) is 5.24. The molecule has 1 aromatic heterocycles. The molecule has 20 heavy (non-hydrogen) atoms. The summed E-state index contributed by atoms with van der Waals surface area (Å²) in [6.45, 7) is 2.05. The van der Waals surface area contributed by atoms with Crippen molar-refractivity contribution in [3.05, 3.63) is 51.7 Å². The number of amides is 1. The SMILES string of the molecule is COc1ccc(C(=O)NCC(O)c2ccsc2)c(C)c1. The first-order valence-electron chi connectivity index (χ1n) is 6.25. The number of methoxy groups -OCH3 is 1. The van der Waals surface area contributed by atoms with Crippen molar-refractivity contribution in [1.82, 2.24) is 5.32 Å². The molecule has 1 atom stereocenters. The van der Waals surface area contributed by atoms with Crippen molar-refractivity contribution < 1.29 is 14.6 Å². The van der Waals surface area contributed by atoms with E-state index in [9.17, 15) is 9.90 Å². The Morgan fingerprint density at radius 3 is 2.85 bits per heavy atom. The lowest BCUT2D eigenvalue weighted by Gasteiger charge is -2.12. The molecule has 0 radical (unpaired) electrons. The van der Waals surface area contributed by atoms with E-state index < -0.39 is 6.10 Å². The highest BCUT2D eigenvalue weighted by Gasteiger charge is 2.13. The van der Waals surface area contributed by atoms with Crippen LogP contribution in [-0.2, 0) is 0 Å². The van der Waals surface area contributed by atoms with Gasteiger partial charge in [-0.1, -0.05) is 0 Å². The second kappa shape index (κ2) is 6.54. The van der Waals surface area contributed by atoms with Gasteiger partial charge in [0.05, 0.1) is 13.2 Å². The number of thiophene rings is 1. The van der Waals surface area contributed by atoms with Gasteiger partial charge in [-0.3, -0.25) is 4.79 Å². The van der Waals surface area contributed by atoms with Gasteiger partial charge in [0.2, 0.25) is 0 Å². The summed E-state index contributed by atoms with van der Waals surface area (Å²) >= 11 is 1.52. The molecular weight excluding hydrogens is 274 g/mol. The van der Waals surface area contributed by atoms with Crippen molar-refractivity contribution in [2.45, 2.75) is 13.0 Å². The van der Waals surface area contributed by atoms with Gasteiger partial charge < -0.3 is 15.2 Å². The fourth-order valence-electron chi connectivity index (χ4n) is 1.88. The van der Waals surface area contributed by atoms with Gasteiger partial charge in [-0.05, 0) is 53.1 Å². The Morgan fingerprint density at radius 1 is 1.45 bits per heavy atom. The molecule has 4 nitrogen and oxygen atoms in total. The Bertz CT molecular complexity index is 581. The van der Waals surface area contributed by atoms with Crippen LogP contribution in [0.5, 0.6) is 5.75 Å². The predicted molar refractivity (Wildman–Crippen MR) is 79.3 cm³/mol. The van der Waals surface area contributed by atoms with Crippen LogP contribution in [0.4, 0.5) is 0 Å². The van der Waals surface area contributed by atoms with Crippen molar-refractivity contribution in [3.63, 3.8) is 0 Å². The molecule has 2 aromatic rings. The third-order valence-electron chi connectivity index (χ3n) is 3.06. The van der Waals surface area contributed by atoms with Crippen LogP contribution in [-0.4, -0.2) is 24.7 Å². The molecule has 0 aliphatic carbocycles. The van der Waals surface area contributed by atoms with Crippen LogP contribution in [0.1, 0.15) is 27.6 Å². The van der Waals surface area contributed by atoms with Crippen LogP contribution in [0.3, 0.4) is 0 Å². The zero-order valence-electron chi connectivity index (χ0n) is 11.4. The maximum atomic E-state index is 12.1. The van der Waals surface area contributed by atoms with Crippen molar-refractivity contribution in [2.24, 2.45) is 0 Å². The van der Waals surface area contributed by atoms with Gasteiger partial charge in [0.1, 0.15) is 5.75 Å².